The average Bonchev–Trinajstić information content (AvgIpc) is 3.38. The van der Waals surface area contributed by atoms with Crippen molar-refractivity contribution in [2.45, 2.75) is 137 Å². The molecule has 2 aromatic rings. The van der Waals surface area contributed by atoms with Gasteiger partial charge in [0, 0.05) is 25.4 Å². The summed E-state index contributed by atoms with van der Waals surface area (Å²) in [6.45, 7) is 15.0. The van der Waals surface area contributed by atoms with E-state index < -0.39 is 0 Å². The summed E-state index contributed by atoms with van der Waals surface area (Å²) >= 11 is 1.87. The van der Waals surface area contributed by atoms with Gasteiger partial charge in [-0.05, 0) is 64.6 Å². The summed E-state index contributed by atoms with van der Waals surface area (Å²) in [7, 11) is 0. The molecule has 0 unspecified atom stereocenters. The Morgan fingerprint density at radius 2 is 1.53 bits per heavy atom. The second-order valence-electron chi connectivity index (χ2n) is 13.4. The van der Waals surface area contributed by atoms with Crippen LogP contribution in [0.3, 0.4) is 0 Å². The van der Waals surface area contributed by atoms with Crippen LogP contribution in [0.4, 0.5) is 5.69 Å². The SMILES string of the molecule is CCCCCCCCCCCCCCOc1ccc(CN(C(C)=O)c2cccc(CN3C=C(C)SC3)c2)cc1C(C)(C)C. The van der Waals surface area contributed by atoms with Crippen molar-refractivity contribution in [1.29, 1.82) is 0 Å². The normalized spacial score (nSPS) is 13.3. The zero-order chi connectivity index (χ0) is 31.1. The highest BCUT2D eigenvalue weighted by Gasteiger charge is 2.21. The Balaban J connectivity index is 1.51. The Morgan fingerprint density at radius 1 is 0.884 bits per heavy atom. The molecule has 43 heavy (non-hydrogen) atoms. The summed E-state index contributed by atoms with van der Waals surface area (Å²) in [5, 5.41) is 0. The van der Waals surface area contributed by atoms with Crippen molar-refractivity contribution in [3.05, 3.63) is 70.3 Å². The molecule has 0 aromatic heterocycles. The molecule has 5 heteroatoms. The number of unbranched alkanes of at least 4 members (excludes halogenated alkanes) is 11. The van der Waals surface area contributed by atoms with E-state index in [1.165, 1.54) is 86.7 Å². The molecular weight excluding hydrogens is 548 g/mol. The first-order chi connectivity index (χ1) is 20.7. The van der Waals surface area contributed by atoms with Crippen molar-refractivity contribution >= 4 is 23.4 Å². The smallest absolute Gasteiger partial charge is 0.224 e. The van der Waals surface area contributed by atoms with Gasteiger partial charge in [-0.3, -0.25) is 4.79 Å². The molecule has 3 rings (SSSR count). The van der Waals surface area contributed by atoms with Crippen molar-refractivity contribution in [1.82, 2.24) is 4.90 Å². The molecule has 2 aromatic carbocycles. The Morgan fingerprint density at radius 3 is 2.12 bits per heavy atom. The van der Waals surface area contributed by atoms with Gasteiger partial charge < -0.3 is 14.5 Å². The van der Waals surface area contributed by atoms with E-state index in [9.17, 15) is 4.79 Å². The topological polar surface area (TPSA) is 32.8 Å². The Hall–Kier alpha value is -2.40. The number of carbonyl (C=O) groups excluding carboxylic acids is 1. The van der Waals surface area contributed by atoms with E-state index in [0.29, 0.717) is 6.54 Å². The highest BCUT2D eigenvalue weighted by molar-refractivity contribution is 8.03. The summed E-state index contributed by atoms with van der Waals surface area (Å²) in [6, 6.07) is 14.9. The van der Waals surface area contributed by atoms with E-state index in [0.717, 1.165) is 42.4 Å². The molecule has 0 N–H and O–H groups in total. The average molecular weight is 607 g/mol. The molecule has 1 amide bonds. The number of benzene rings is 2. The Bertz CT molecular complexity index is 1150. The van der Waals surface area contributed by atoms with E-state index in [2.05, 4.69) is 82.1 Å². The first-order valence-electron chi connectivity index (χ1n) is 16.9. The lowest BCUT2D eigenvalue weighted by Gasteiger charge is -2.26. The van der Waals surface area contributed by atoms with Gasteiger partial charge in [-0.15, -0.1) is 11.8 Å². The maximum absolute atomic E-state index is 12.8. The van der Waals surface area contributed by atoms with Gasteiger partial charge in [-0.1, -0.05) is 117 Å². The first-order valence-corrected chi connectivity index (χ1v) is 17.8. The molecule has 238 valence electrons. The number of thioether (sulfide) groups is 1. The lowest BCUT2D eigenvalue weighted by atomic mass is 9.85. The number of ether oxygens (including phenoxy) is 1. The number of carbonyl (C=O) groups is 1. The van der Waals surface area contributed by atoms with Gasteiger partial charge in [0.2, 0.25) is 5.91 Å². The van der Waals surface area contributed by atoms with Crippen molar-refractivity contribution in [3.8, 4) is 5.75 Å². The quantitative estimate of drug-likeness (QED) is 0.149. The number of hydrogen-bond acceptors (Lipinski definition) is 4. The molecule has 0 fully saturated rings. The predicted octanol–water partition coefficient (Wildman–Crippen LogP) is 11.0. The highest BCUT2D eigenvalue weighted by Crippen LogP contribution is 2.33. The molecule has 0 aliphatic carbocycles. The van der Waals surface area contributed by atoms with Crippen LogP contribution in [-0.2, 0) is 23.3 Å². The fraction of sp³-hybridized carbons (Fsp3) is 0.605. The van der Waals surface area contributed by atoms with Crippen molar-refractivity contribution in [2.75, 3.05) is 17.4 Å². The standard InChI is InChI=1S/C38H58N2O2S/c1-7-8-9-10-11-12-13-14-15-16-17-18-24-42-37-23-22-34(26-36(37)38(4,5)6)29-40(32(3)41)35-21-19-20-33(25-35)28-39-27-31(2)43-30-39/h19-23,25-27H,7-18,24,28-30H2,1-6H3. The molecule has 1 aliphatic rings. The van der Waals surface area contributed by atoms with Crippen LogP contribution < -0.4 is 9.64 Å². The second kappa shape index (κ2) is 18.4. The third kappa shape index (κ3) is 12.6. The monoisotopic (exact) mass is 606 g/mol. The van der Waals surface area contributed by atoms with Crippen molar-refractivity contribution in [2.24, 2.45) is 0 Å². The first kappa shape index (κ1) is 35.1. The van der Waals surface area contributed by atoms with Crippen LogP contribution in [0.5, 0.6) is 5.75 Å². The number of nitrogens with zero attached hydrogens (tertiary/aromatic N) is 2. The van der Waals surface area contributed by atoms with Crippen LogP contribution in [0.2, 0.25) is 0 Å². The third-order valence-electron chi connectivity index (χ3n) is 8.26. The number of rotatable bonds is 19. The predicted molar refractivity (Wildman–Crippen MR) is 187 cm³/mol. The van der Waals surface area contributed by atoms with Crippen LogP contribution in [-0.4, -0.2) is 23.3 Å². The van der Waals surface area contributed by atoms with Gasteiger partial charge in [0.15, 0.2) is 0 Å². The highest BCUT2D eigenvalue weighted by atomic mass is 32.2. The van der Waals surface area contributed by atoms with Crippen LogP contribution >= 0.6 is 11.8 Å². The Labute approximate surface area is 267 Å². The van der Waals surface area contributed by atoms with E-state index >= 15 is 0 Å². The molecule has 1 aliphatic heterocycles. The largest absolute Gasteiger partial charge is 0.493 e. The number of allylic oxidation sites excluding steroid dienone is 1. The van der Waals surface area contributed by atoms with Gasteiger partial charge in [0.1, 0.15) is 5.75 Å². The molecule has 0 atom stereocenters. The molecule has 0 saturated heterocycles. The molecule has 0 bridgehead atoms. The van der Waals surface area contributed by atoms with E-state index in [1.807, 2.05) is 22.7 Å². The summed E-state index contributed by atoms with van der Waals surface area (Å²) in [4.78, 5) is 18.4. The molecule has 1 heterocycles. The fourth-order valence-electron chi connectivity index (χ4n) is 5.74. The van der Waals surface area contributed by atoms with Crippen molar-refractivity contribution < 1.29 is 9.53 Å². The Kier molecular flexibility index (Phi) is 15.0. The van der Waals surface area contributed by atoms with Gasteiger partial charge in [0.25, 0.3) is 0 Å². The van der Waals surface area contributed by atoms with Crippen molar-refractivity contribution in [3.63, 3.8) is 0 Å². The van der Waals surface area contributed by atoms with Gasteiger partial charge >= 0.3 is 0 Å². The second-order valence-corrected chi connectivity index (χ2v) is 14.5. The van der Waals surface area contributed by atoms with E-state index in [-0.39, 0.29) is 11.3 Å². The summed E-state index contributed by atoms with van der Waals surface area (Å²) < 4.78 is 6.34. The van der Waals surface area contributed by atoms with Crippen LogP contribution in [0, 0.1) is 0 Å². The van der Waals surface area contributed by atoms with Gasteiger partial charge in [-0.2, -0.15) is 0 Å². The molecule has 0 saturated carbocycles. The number of amides is 1. The van der Waals surface area contributed by atoms with E-state index in [1.54, 1.807) is 6.92 Å². The minimum Gasteiger partial charge on any atom is -0.493 e. The molecule has 4 nitrogen and oxygen atoms in total. The number of hydrogen-bond donors (Lipinski definition) is 0. The van der Waals surface area contributed by atoms with E-state index in [4.69, 9.17) is 4.74 Å². The minimum absolute atomic E-state index is 0.0502. The number of anilines is 1. The van der Waals surface area contributed by atoms with Crippen LogP contribution in [0.1, 0.15) is 135 Å². The van der Waals surface area contributed by atoms with Crippen LogP contribution in [0.25, 0.3) is 0 Å². The third-order valence-corrected chi connectivity index (χ3v) is 9.28. The van der Waals surface area contributed by atoms with Gasteiger partial charge in [-0.25, -0.2) is 0 Å². The van der Waals surface area contributed by atoms with Crippen LogP contribution in [0.15, 0.2) is 53.6 Å². The zero-order valence-electron chi connectivity index (χ0n) is 28.1. The molecule has 0 spiro atoms. The summed E-state index contributed by atoms with van der Waals surface area (Å²) in [6.07, 6.45) is 18.4. The molecular formula is C38H58N2O2S. The minimum atomic E-state index is -0.0533. The summed E-state index contributed by atoms with van der Waals surface area (Å²) in [5.74, 6) is 2.01. The zero-order valence-corrected chi connectivity index (χ0v) is 28.9. The maximum Gasteiger partial charge on any atom is 0.224 e. The maximum atomic E-state index is 12.8. The van der Waals surface area contributed by atoms with Gasteiger partial charge in [0.05, 0.1) is 19.0 Å². The lowest BCUT2D eigenvalue weighted by molar-refractivity contribution is -0.116. The molecule has 0 radical (unpaired) electrons. The lowest BCUT2D eigenvalue weighted by Crippen LogP contribution is -2.28. The summed E-state index contributed by atoms with van der Waals surface area (Å²) in [5.41, 5.74) is 4.43. The fourth-order valence-corrected chi connectivity index (χ4v) is 6.50.